The van der Waals surface area contributed by atoms with Crippen LogP contribution >= 0.6 is 0 Å². The summed E-state index contributed by atoms with van der Waals surface area (Å²) in [6.07, 6.45) is 2.01. The molecule has 1 aromatic heterocycles. The molecule has 6 heteroatoms. The summed E-state index contributed by atoms with van der Waals surface area (Å²) in [5, 5.41) is 0. The van der Waals surface area contributed by atoms with Gasteiger partial charge in [0.1, 0.15) is 11.5 Å². The van der Waals surface area contributed by atoms with E-state index in [2.05, 4.69) is 47.2 Å². The quantitative estimate of drug-likeness (QED) is 0.731. The Morgan fingerprint density at radius 1 is 1.10 bits per heavy atom. The fraction of sp³-hybridized carbons (Fsp3) is 0.542. The van der Waals surface area contributed by atoms with Gasteiger partial charge >= 0.3 is 0 Å². The van der Waals surface area contributed by atoms with E-state index in [4.69, 9.17) is 9.15 Å². The molecule has 0 atom stereocenters. The molecule has 2 aliphatic heterocycles. The summed E-state index contributed by atoms with van der Waals surface area (Å²) in [7, 11) is 2.19. The van der Waals surface area contributed by atoms with E-state index < -0.39 is 0 Å². The largest absolute Gasteiger partial charge is 0.464 e. The van der Waals surface area contributed by atoms with Crippen molar-refractivity contribution in [1.29, 1.82) is 0 Å². The molecule has 2 saturated heterocycles. The van der Waals surface area contributed by atoms with E-state index in [0.717, 1.165) is 76.8 Å². The lowest BCUT2D eigenvalue weighted by Gasteiger charge is -2.36. The number of morpholine rings is 1. The maximum Gasteiger partial charge on any atom is 0.257 e. The van der Waals surface area contributed by atoms with Gasteiger partial charge in [-0.2, -0.15) is 0 Å². The monoisotopic (exact) mass is 411 g/mol. The van der Waals surface area contributed by atoms with Crippen LogP contribution in [0.25, 0.3) is 0 Å². The molecule has 2 fully saturated rings. The number of aryl methyl sites for hydroxylation is 1. The van der Waals surface area contributed by atoms with Crippen molar-refractivity contribution in [3.8, 4) is 0 Å². The lowest BCUT2D eigenvalue weighted by molar-refractivity contribution is 0.0312. The van der Waals surface area contributed by atoms with Crippen LogP contribution in [-0.2, 0) is 17.8 Å². The summed E-state index contributed by atoms with van der Waals surface area (Å²) in [6, 6.07) is 13.0. The van der Waals surface area contributed by atoms with Crippen LogP contribution in [0, 0.1) is 6.92 Å². The molecule has 2 aromatic rings. The van der Waals surface area contributed by atoms with E-state index in [1.807, 2.05) is 17.9 Å². The van der Waals surface area contributed by atoms with E-state index in [0.29, 0.717) is 11.6 Å². The van der Waals surface area contributed by atoms with Gasteiger partial charge in [0.15, 0.2) is 0 Å². The molecule has 0 saturated carbocycles. The Morgan fingerprint density at radius 2 is 1.80 bits per heavy atom. The number of carbonyl (C=O) groups is 1. The van der Waals surface area contributed by atoms with Crippen molar-refractivity contribution in [2.24, 2.45) is 0 Å². The molecule has 0 unspecified atom stereocenters. The molecule has 0 spiro atoms. The van der Waals surface area contributed by atoms with Gasteiger partial charge in [-0.1, -0.05) is 30.3 Å². The van der Waals surface area contributed by atoms with Crippen molar-refractivity contribution in [2.45, 2.75) is 38.9 Å². The van der Waals surface area contributed by atoms with Crippen LogP contribution in [0.1, 0.15) is 40.3 Å². The normalized spacial score (nSPS) is 18.8. The number of likely N-dealkylation sites (tertiary alicyclic amines) is 1. The van der Waals surface area contributed by atoms with Gasteiger partial charge in [-0.25, -0.2) is 0 Å². The van der Waals surface area contributed by atoms with Crippen LogP contribution in [0.15, 0.2) is 40.8 Å². The highest BCUT2D eigenvalue weighted by Gasteiger charge is 2.28. The second kappa shape index (κ2) is 9.77. The molecule has 1 aromatic carbocycles. The smallest absolute Gasteiger partial charge is 0.257 e. The maximum absolute atomic E-state index is 13.1. The third kappa shape index (κ3) is 5.12. The number of hydrogen-bond acceptors (Lipinski definition) is 5. The highest BCUT2D eigenvalue weighted by atomic mass is 16.5. The number of rotatable bonds is 6. The number of amides is 1. The van der Waals surface area contributed by atoms with Crippen LogP contribution in [0.5, 0.6) is 0 Å². The van der Waals surface area contributed by atoms with E-state index in [-0.39, 0.29) is 5.91 Å². The second-order valence-electron chi connectivity index (χ2n) is 8.50. The summed E-state index contributed by atoms with van der Waals surface area (Å²) in [5.41, 5.74) is 2.05. The van der Waals surface area contributed by atoms with Gasteiger partial charge in [0.25, 0.3) is 5.91 Å². The Labute approximate surface area is 179 Å². The van der Waals surface area contributed by atoms with Gasteiger partial charge < -0.3 is 14.1 Å². The molecule has 6 nitrogen and oxygen atoms in total. The summed E-state index contributed by atoms with van der Waals surface area (Å²) < 4.78 is 11.3. The minimum Gasteiger partial charge on any atom is -0.464 e. The van der Waals surface area contributed by atoms with Gasteiger partial charge in [-0.3, -0.25) is 14.6 Å². The fourth-order valence-electron chi connectivity index (χ4n) is 4.49. The Bertz CT molecular complexity index is 821. The van der Waals surface area contributed by atoms with Crippen molar-refractivity contribution in [3.05, 3.63) is 59.0 Å². The number of nitrogens with zero attached hydrogens (tertiary/aromatic N) is 3. The molecule has 30 heavy (non-hydrogen) atoms. The summed E-state index contributed by atoms with van der Waals surface area (Å²) in [6.45, 7) is 8.53. The van der Waals surface area contributed by atoms with Crippen LogP contribution in [0.3, 0.4) is 0 Å². The molecule has 0 N–H and O–H groups in total. The van der Waals surface area contributed by atoms with E-state index >= 15 is 0 Å². The number of furan rings is 1. The van der Waals surface area contributed by atoms with E-state index in [1.165, 1.54) is 5.56 Å². The third-order valence-corrected chi connectivity index (χ3v) is 6.33. The molecule has 0 bridgehead atoms. The first kappa shape index (κ1) is 21.1. The standard InChI is InChI=1S/C24H33N3O3/c1-19-23(16-22(30-19)18-26-12-14-29-15-13-26)24(28)27-10-8-21(9-11-27)25(2)17-20-6-4-3-5-7-20/h3-7,16,21H,8-15,17-18H2,1-2H3. The zero-order valence-corrected chi connectivity index (χ0v) is 18.2. The minimum atomic E-state index is 0.105. The zero-order chi connectivity index (χ0) is 20.9. The average Bonchev–Trinajstić information content (AvgIpc) is 3.14. The van der Waals surface area contributed by atoms with Gasteiger partial charge in [-0.15, -0.1) is 0 Å². The predicted molar refractivity (Wildman–Crippen MR) is 116 cm³/mol. The first-order valence-electron chi connectivity index (χ1n) is 11.0. The second-order valence-corrected chi connectivity index (χ2v) is 8.50. The Morgan fingerprint density at radius 3 is 2.50 bits per heavy atom. The van der Waals surface area contributed by atoms with Gasteiger partial charge in [-0.05, 0) is 38.4 Å². The number of benzene rings is 1. The molecule has 1 amide bonds. The van der Waals surface area contributed by atoms with Crippen LogP contribution in [0.4, 0.5) is 0 Å². The average molecular weight is 412 g/mol. The van der Waals surface area contributed by atoms with Crippen molar-refractivity contribution in [2.75, 3.05) is 46.4 Å². The number of hydrogen-bond donors (Lipinski definition) is 0. The first-order valence-corrected chi connectivity index (χ1v) is 11.0. The summed E-state index contributed by atoms with van der Waals surface area (Å²) >= 11 is 0. The fourth-order valence-corrected chi connectivity index (χ4v) is 4.49. The van der Waals surface area contributed by atoms with Gasteiger partial charge in [0.05, 0.1) is 25.3 Å². The Balaban J connectivity index is 1.30. The molecular formula is C24H33N3O3. The highest BCUT2D eigenvalue weighted by Crippen LogP contribution is 2.23. The van der Waals surface area contributed by atoms with Crippen molar-refractivity contribution in [3.63, 3.8) is 0 Å². The van der Waals surface area contributed by atoms with Crippen LogP contribution < -0.4 is 0 Å². The Kier molecular flexibility index (Phi) is 6.87. The lowest BCUT2D eigenvalue weighted by Crippen LogP contribution is -2.45. The molecule has 4 rings (SSSR count). The highest BCUT2D eigenvalue weighted by molar-refractivity contribution is 5.95. The van der Waals surface area contributed by atoms with Crippen LogP contribution in [0.2, 0.25) is 0 Å². The van der Waals surface area contributed by atoms with E-state index in [1.54, 1.807) is 0 Å². The van der Waals surface area contributed by atoms with Gasteiger partial charge in [0.2, 0.25) is 0 Å². The number of ether oxygens (including phenoxy) is 1. The van der Waals surface area contributed by atoms with Crippen LogP contribution in [-0.4, -0.2) is 73.1 Å². The molecule has 0 aliphatic carbocycles. The summed E-state index contributed by atoms with van der Waals surface area (Å²) in [4.78, 5) is 19.8. The summed E-state index contributed by atoms with van der Waals surface area (Å²) in [5.74, 6) is 1.70. The third-order valence-electron chi connectivity index (χ3n) is 6.33. The number of carbonyl (C=O) groups excluding carboxylic acids is 1. The van der Waals surface area contributed by atoms with E-state index in [9.17, 15) is 4.79 Å². The minimum absolute atomic E-state index is 0.105. The first-order chi connectivity index (χ1) is 14.6. The van der Waals surface area contributed by atoms with Crippen molar-refractivity contribution < 1.29 is 13.9 Å². The molecular weight excluding hydrogens is 378 g/mol. The lowest BCUT2D eigenvalue weighted by atomic mass is 10.0. The van der Waals surface area contributed by atoms with Crippen molar-refractivity contribution >= 4 is 5.91 Å². The SMILES string of the molecule is Cc1oc(CN2CCOCC2)cc1C(=O)N1CCC(N(C)Cc2ccccc2)CC1. The molecule has 3 heterocycles. The molecule has 0 radical (unpaired) electrons. The molecule has 2 aliphatic rings. The zero-order valence-electron chi connectivity index (χ0n) is 18.2. The Hall–Kier alpha value is -2.15. The number of piperidine rings is 1. The predicted octanol–water partition coefficient (Wildman–Crippen LogP) is 3.16. The topological polar surface area (TPSA) is 49.2 Å². The maximum atomic E-state index is 13.1. The van der Waals surface area contributed by atoms with Gasteiger partial charge in [0, 0.05) is 38.8 Å². The van der Waals surface area contributed by atoms with Crippen molar-refractivity contribution in [1.82, 2.24) is 14.7 Å². The molecule has 162 valence electrons.